The number of guanidine groups is 1. The number of hydrogen-bond acceptors (Lipinski definition) is 11. The van der Waals surface area contributed by atoms with Gasteiger partial charge in [-0.15, -0.1) is 0 Å². The predicted molar refractivity (Wildman–Crippen MR) is 198 cm³/mol. The third kappa shape index (κ3) is 16.2. The number of carboxylic acids is 1. The number of carbonyl (C=O) groups is 8. The van der Waals surface area contributed by atoms with Gasteiger partial charge in [-0.25, -0.2) is 0 Å². The summed E-state index contributed by atoms with van der Waals surface area (Å²) in [6.07, 6.45) is -2.13. The normalized spacial score (nSPS) is 18.1. The lowest BCUT2D eigenvalue weighted by Gasteiger charge is -2.31. The van der Waals surface area contributed by atoms with Crippen LogP contribution in [0.2, 0.25) is 0 Å². The van der Waals surface area contributed by atoms with Crippen molar-refractivity contribution in [1.82, 2.24) is 20.9 Å². The molecular weight excluding hydrogens is 706 g/mol. The van der Waals surface area contributed by atoms with Crippen LogP contribution in [0.1, 0.15) is 92.9 Å². The first kappa shape index (κ1) is 47.4. The maximum absolute atomic E-state index is 13.8. The van der Waals surface area contributed by atoms with Crippen LogP contribution in [0.4, 0.5) is 0 Å². The van der Waals surface area contributed by atoms with Gasteiger partial charge >= 0.3 is 5.97 Å². The fourth-order valence-electron chi connectivity index (χ4n) is 6.23. The van der Waals surface area contributed by atoms with E-state index in [1.165, 1.54) is 13.8 Å². The van der Waals surface area contributed by atoms with E-state index in [-0.39, 0.29) is 57.1 Å². The summed E-state index contributed by atoms with van der Waals surface area (Å²) in [5.41, 5.74) is 21.8. The number of aliphatic carboxylic acids is 1. The molecule has 0 spiro atoms. The molecule has 0 aliphatic carbocycles. The van der Waals surface area contributed by atoms with Crippen molar-refractivity contribution < 1.29 is 48.6 Å². The van der Waals surface area contributed by atoms with Crippen molar-refractivity contribution in [3.05, 3.63) is 0 Å². The van der Waals surface area contributed by atoms with E-state index in [1.54, 1.807) is 13.8 Å². The number of hydrogen-bond donors (Lipinski definition) is 9. The second-order valence-electron chi connectivity index (χ2n) is 14.8. The molecule has 8 atom stereocenters. The molecule has 1 saturated heterocycles. The number of nitrogens with two attached hydrogens (primary N) is 4. The van der Waals surface area contributed by atoms with Crippen molar-refractivity contribution in [2.24, 2.45) is 51.6 Å². The Morgan fingerprint density at radius 2 is 1.52 bits per heavy atom. The standard InChI is InChI=1S/C35H61N9O10/c1-17(2)12-21(32(52)41-19(5)31(37)51)13-26(46)25(9-10-29(49)50)43-33(53)23(18(3)4)15-27(47)30(20(6)45)44-16-22(14-28(44)48)42-34(54)24(36)8-7-11-40-35(38)39/h17-25,30,45H,7-16,36H2,1-6H3,(H2,37,51)(H,41,52)(H,42,54)(H,43,53)(H,49,50)(H4,38,39,40)/t19-,20-,21+,22+,23-,24-,25-,30-/m1/s1. The van der Waals surface area contributed by atoms with Crippen molar-refractivity contribution in [1.29, 1.82) is 0 Å². The number of nitrogens with zero attached hydrogens (tertiary/aromatic N) is 2. The minimum atomic E-state index is -1.36. The number of ketones is 2. The predicted octanol–water partition coefficient (Wildman–Crippen LogP) is -1.97. The molecule has 1 aliphatic rings. The first-order valence-corrected chi connectivity index (χ1v) is 18.3. The zero-order chi connectivity index (χ0) is 41.4. The molecule has 1 aliphatic heterocycles. The molecule has 306 valence electrons. The number of likely N-dealkylation sites (tertiary alicyclic amines) is 1. The van der Waals surface area contributed by atoms with Crippen LogP contribution < -0.4 is 38.9 Å². The van der Waals surface area contributed by atoms with Crippen molar-refractivity contribution in [2.45, 2.75) is 129 Å². The number of nitrogens with one attached hydrogen (secondary N) is 3. The van der Waals surface area contributed by atoms with E-state index in [4.69, 9.17) is 22.9 Å². The number of carboxylic acid groups (broad SMARTS) is 1. The molecule has 1 fully saturated rings. The van der Waals surface area contributed by atoms with Gasteiger partial charge in [-0.05, 0) is 51.4 Å². The molecule has 0 unspecified atom stereocenters. The van der Waals surface area contributed by atoms with Gasteiger partial charge in [0.05, 0.1) is 24.2 Å². The Kier molecular flexibility index (Phi) is 19.8. The summed E-state index contributed by atoms with van der Waals surface area (Å²) in [6, 6.07) is -5.29. The molecule has 0 saturated carbocycles. The highest BCUT2D eigenvalue weighted by atomic mass is 16.4. The van der Waals surface area contributed by atoms with Gasteiger partial charge in [-0.1, -0.05) is 27.7 Å². The van der Waals surface area contributed by atoms with Crippen molar-refractivity contribution in [3.8, 4) is 0 Å². The van der Waals surface area contributed by atoms with Gasteiger partial charge in [-0.3, -0.25) is 43.3 Å². The first-order valence-electron chi connectivity index (χ1n) is 18.3. The Labute approximate surface area is 316 Å². The lowest BCUT2D eigenvalue weighted by molar-refractivity contribution is -0.142. The minimum absolute atomic E-state index is 0.0396. The van der Waals surface area contributed by atoms with Gasteiger partial charge in [-0.2, -0.15) is 0 Å². The molecule has 0 radical (unpaired) electrons. The van der Waals surface area contributed by atoms with Crippen molar-refractivity contribution >= 4 is 53.0 Å². The molecule has 19 nitrogen and oxygen atoms in total. The first-order chi connectivity index (χ1) is 25.0. The highest BCUT2D eigenvalue weighted by Gasteiger charge is 2.42. The Morgan fingerprint density at radius 3 is 2.04 bits per heavy atom. The summed E-state index contributed by atoms with van der Waals surface area (Å²) in [7, 11) is 0. The fourth-order valence-corrected chi connectivity index (χ4v) is 6.23. The van der Waals surface area contributed by atoms with Crippen LogP contribution in [-0.2, 0) is 38.4 Å². The summed E-state index contributed by atoms with van der Waals surface area (Å²) in [6.45, 7) is 9.90. The van der Waals surface area contributed by atoms with Crippen LogP contribution in [0, 0.1) is 23.7 Å². The topological polar surface area (TPSA) is 333 Å². The molecule has 0 aromatic heterocycles. The van der Waals surface area contributed by atoms with Gasteiger partial charge < -0.3 is 54.0 Å². The number of aliphatic hydroxyl groups excluding tert-OH is 1. The number of Topliss-reactive ketones (excluding diaryl/α,β-unsaturated/α-hetero) is 2. The highest BCUT2D eigenvalue weighted by Crippen LogP contribution is 2.24. The second kappa shape index (κ2) is 22.5. The number of amides is 5. The van der Waals surface area contributed by atoms with Gasteiger partial charge in [0.1, 0.15) is 12.1 Å². The van der Waals surface area contributed by atoms with Gasteiger partial charge in [0.25, 0.3) is 0 Å². The molecule has 54 heavy (non-hydrogen) atoms. The van der Waals surface area contributed by atoms with E-state index in [0.29, 0.717) is 6.42 Å². The lowest BCUT2D eigenvalue weighted by Crippen LogP contribution is -2.52. The molecule has 1 heterocycles. The number of primary amides is 1. The third-order valence-corrected chi connectivity index (χ3v) is 9.21. The zero-order valence-corrected chi connectivity index (χ0v) is 32.2. The van der Waals surface area contributed by atoms with E-state index in [0.717, 1.165) is 4.90 Å². The monoisotopic (exact) mass is 767 g/mol. The molecule has 19 heteroatoms. The van der Waals surface area contributed by atoms with Crippen LogP contribution in [-0.4, -0.2) is 118 Å². The Morgan fingerprint density at radius 1 is 0.889 bits per heavy atom. The minimum Gasteiger partial charge on any atom is -0.481 e. The summed E-state index contributed by atoms with van der Waals surface area (Å²) in [4.78, 5) is 108. The maximum Gasteiger partial charge on any atom is 0.303 e. The molecular formula is C35H61N9O10. The summed E-state index contributed by atoms with van der Waals surface area (Å²) < 4.78 is 0. The van der Waals surface area contributed by atoms with Gasteiger partial charge in [0.2, 0.25) is 29.5 Å². The summed E-state index contributed by atoms with van der Waals surface area (Å²) in [5.74, 6) is -8.17. The number of carbonyl (C=O) groups excluding carboxylic acids is 7. The molecule has 1 rings (SSSR count). The number of rotatable bonds is 25. The molecule has 13 N–H and O–H groups in total. The van der Waals surface area contributed by atoms with Gasteiger partial charge in [0.15, 0.2) is 17.5 Å². The average Bonchev–Trinajstić information content (AvgIpc) is 3.40. The third-order valence-electron chi connectivity index (χ3n) is 9.21. The smallest absolute Gasteiger partial charge is 0.303 e. The van der Waals surface area contributed by atoms with Crippen molar-refractivity contribution in [3.63, 3.8) is 0 Å². The molecule has 0 bridgehead atoms. The van der Waals surface area contributed by atoms with E-state index in [2.05, 4.69) is 20.9 Å². The molecule has 0 aromatic rings. The molecule has 5 amide bonds. The second-order valence-corrected chi connectivity index (χ2v) is 14.8. The SMILES string of the molecule is CC(C)C[C@@H](CC(=O)[C@@H](CCC(=O)O)NC(=O)[C@H](CC(=O)[C@@H]([C@@H](C)O)N1C[C@@H](NC(=O)[C@H](N)CCCN=C(N)N)CC1=O)C(C)C)C(=O)N[C@H](C)C(N)=O. The maximum atomic E-state index is 13.8. The van der Waals surface area contributed by atoms with E-state index >= 15 is 0 Å². The Hall–Kier alpha value is -4.65. The quantitative estimate of drug-likeness (QED) is 0.0277. The largest absolute Gasteiger partial charge is 0.481 e. The average molecular weight is 768 g/mol. The van der Waals surface area contributed by atoms with Gasteiger partial charge in [0, 0.05) is 50.6 Å². The van der Waals surface area contributed by atoms with Crippen LogP contribution in [0.15, 0.2) is 4.99 Å². The van der Waals surface area contributed by atoms with Crippen LogP contribution in [0.25, 0.3) is 0 Å². The lowest BCUT2D eigenvalue weighted by atomic mass is 9.85. The fraction of sp³-hybridized carbons (Fsp3) is 0.743. The number of aliphatic imine (C=N–C) groups is 1. The molecule has 0 aromatic carbocycles. The van der Waals surface area contributed by atoms with E-state index < -0.39 is 114 Å². The van der Waals surface area contributed by atoms with Crippen molar-refractivity contribution in [2.75, 3.05) is 13.1 Å². The number of aliphatic hydroxyl groups is 1. The van der Waals surface area contributed by atoms with E-state index in [9.17, 15) is 48.6 Å². The highest BCUT2D eigenvalue weighted by molar-refractivity contribution is 5.97. The van der Waals surface area contributed by atoms with Crippen LogP contribution in [0.3, 0.4) is 0 Å². The van der Waals surface area contributed by atoms with Crippen LogP contribution >= 0.6 is 0 Å². The Bertz CT molecular complexity index is 1380. The summed E-state index contributed by atoms with van der Waals surface area (Å²) >= 11 is 0. The summed E-state index contributed by atoms with van der Waals surface area (Å²) in [5, 5.41) is 27.8. The zero-order valence-electron chi connectivity index (χ0n) is 32.2. The van der Waals surface area contributed by atoms with E-state index in [1.807, 2.05) is 13.8 Å². The Balaban J connectivity index is 3.13. The van der Waals surface area contributed by atoms with Crippen LogP contribution in [0.5, 0.6) is 0 Å².